The fraction of sp³-hybridized carbons (Fsp3) is 0.462. The molecule has 100 valence electrons. The SMILES string of the molecule is CC(C)(CCCOc1cccc(Br)c1)C(N)=NO. The minimum absolute atomic E-state index is 0.255. The van der Waals surface area contributed by atoms with Crippen LogP contribution < -0.4 is 10.5 Å². The van der Waals surface area contributed by atoms with Crippen LogP contribution in [0.15, 0.2) is 33.9 Å². The average molecular weight is 315 g/mol. The van der Waals surface area contributed by atoms with Crippen molar-refractivity contribution >= 4 is 21.8 Å². The molecule has 0 radical (unpaired) electrons. The lowest BCUT2D eigenvalue weighted by Gasteiger charge is -2.22. The van der Waals surface area contributed by atoms with Crippen molar-refractivity contribution in [2.24, 2.45) is 16.3 Å². The van der Waals surface area contributed by atoms with E-state index < -0.39 is 0 Å². The fourth-order valence-electron chi connectivity index (χ4n) is 1.52. The van der Waals surface area contributed by atoms with Crippen LogP contribution in [0.3, 0.4) is 0 Å². The van der Waals surface area contributed by atoms with Crippen molar-refractivity contribution < 1.29 is 9.94 Å². The molecule has 0 fully saturated rings. The summed E-state index contributed by atoms with van der Waals surface area (Å²) >= 11 is 3.39. The maximum atomic E-state index is 8.66. The second kappa shape index (κ2) is 6.64. The highest BCUT2D eigenvalue weighted by atomic mass is 79.9. The van der Waals surface area contributed by atoms with Crippen molar-refractivity contribution in [3.8, 4) is 5.75 Å². The van der Waals surface area contributed by atoms with Gasteiger partial charge in [0.1, 0.15) is 11.6 Å². The van der Waals surface area contributed by atoms with Crippen molar-refractivity contribution in [1.82, 2.24) is 0 Å². The van der Waals surface area contributed by atoms with Gasteiger partial charge in [-0.25, -0.2) is 0 Å². The molecule has 0 heterocycles. The number of hydrogen-bond donors (Lipinski definition) is 2. The Bertz CT molecular complexity index is 419. The third-order valence-electron chi connectivity index (χ3n) is 2.81. The largest absolute Gasteiger partial charge is 0.494 e. The molecule has 0 spiro atoms. The Morgan fingerprint density at radius 1 is 1.50 bits per heavy atom. The number of benzene rings is 1. The summed E-state index contributed by atoms with van der Waals surface area (Å²) in [6, 6.07) is 7.72. The first-order valence-electron chi connectivity index (χ1n) is 5.82. The molecule has 0 aliphatic rings. The van der Waals surface area contributed by atoms with Crippen LogP contribution in [-0.2, 0) is 0 Å². The molecule has 4 nitrogen and oxygen atoms in total. The summed E-state index contributed by atoms with van der Waals surface area (Å²) in [4.78, 5) is 0. The van der Waals surface area contributed by atoms with Crippen LogP contribution in [0, 0.1) is 5.41 Å². The number of hydrogen-bond acceptors (Lipinski definition) is 3. The molecule has 0 aliphatic heterocycles. The highest BCUT2D eigenvalue weighted by Gasteiger charge is 2.22. The van der Waals surface area contributed by atoms with E-state index in [1.54, 1.807) is 0 Å². The smallest absolute Gasteiger partial charge is 0.144 e. The predicted molar refractivity (Wildman–Crippen MR) is 76.1 cm³/mol. The van der Waals surface area contributed by atoms with E-state index in [4.69, 9.17) is 15.7 Å². The topological polar surface area (TPSA) is 67.8 Å². The molecule has 0 unspecified atom stereocenters. The first kappa shape index (κ1) is 14.8. The van der Waals surface area contributed by atoms with Crippen LogP contribution in [0.2, 0.25) is 0 Å². The van der Waals surface area contributed by atoms with E-state index in [2.05, 4.69) is 21.1 Å². The summed E-state index contributed by atoms with van der Waals surface area (Å²) in [6.07, 6.45) is 1.65. The Labute approximate surface area is 116 Å². The van der Waals surface area contributed by atoms with Gasteiger partial charge in [0.25, 0.3) is 0 Å². The lowest BCUT2D eigenvalue weighted by molar-refractivity contribution is 0.277. The quantitative estimate of drug-likeness (QED) is 0.278. The summed E-state index contributed by atoms with van der Waals surface area (Å²) in [6.45, 7) is 4.50. The number of nitrogens with zero attached hydrogens (tertiary/aromatic N) is 1. The van der Waals surface area contributed by atoms with Crippen molar-refractivity contribution in [2.45, 2.75) is 26.7 Å². The van der Waals surface area contributed by atoms with Gasteiger partial charge in [0.15, 0.2) is 0 Å². The number of ether oxygens (including phenoxy) is 1. The van der Waals surface area contributed by atoms with Crippen LogP contribution >= 0.6 is 15.9 Å². The predicted octanol–water partition coefficient (Wildman–Crippen LogP) is 3.38. The van der Waals surface area contributed by atoms with Crippen molar-refractivity contribution in [1.29, 1.82) is 0 Å². The van der Waals surface area contributed by atoms with Crippen LogP contribution in [-0.4, -0.2) is 17.6 Å². The zero-order chi connectivity index (χ0) is 13.6. The molecular formula is C13H19BrN2O2. The van der Waals surface area contributed by atoms with E-state index in [-0.39, 0.29) is 11.3 Å². The van der Waals surface area contributed by atoms with Crippen LogP contribution in [0.1, 0.15) is 26.7 Å². The van der Waals surface area contributed by atoms with Gasteiger partial charge < -0.3 is 15.7 Å². The minimum atomic E-state index is -0.310. The molecule has 0 saturated carbocycles. The second-order valence-corrected chi connectivity index (χ2v) is 5.69. The van der Waals surface area contributed by atoms with Gasteiger partial charge in [-0.15, -0.1) is 0 Å². The van der Waals surface area contributed by atoms with Gasteiger partial charge in [-0.05, 0) is 31.0 Å². The van der Waals surface area contributed by atoms with Gasteiger partial charge in [-0.1, -0.05) is 41.0 Å². The first-order chi connectivity index (χ1) is 8.45. The van der Waals surface area contributed by atoms with Crippen LogP contribution in [0.25, 0.3) is 0 Å². The van der Waals surface area contributed by atoms with Crippen molar-refractivity contribution in [2.75, 3.05) is 6.61 Å². The number of oxime groups is 1. The highest BCUT2D eigenvalue weighted by Crippen LogP contribution is 2.23. The highest BCUT2D eigenvalue weighted by molar-refractivity contribution is 9.10. The Balaban J connectivity index is 2.35. The van der Waals surface area contributed by atoms with Gasteiger partial charge in [0.2, 0.25) is 0 Å². The monoisotopic (exact) mass is 314 g/mol. The molecule has 0 aromatic heterocycles. The minimum Gasteiger partial charge on any atom is -0.494 e. The number of rotatable bonds is 6. The Morgan fingerprint density at radius 2 is 2.22 bits per heavy atom. The van der Waals surface area contributed by atoms with Crippen LogP contribution in [0.4, 0.5) is 0 Å². The maximum Gasteiger partial charge on any atom is 0.144 e. The summed E-state index contributed by atoms with van der Waals surface area (Å²) in [5.41, 5.74) is 5.31. The molecule has 0 atom stereocenters. The molecule has 0 bridgehead atoms. The molecule has 5 heteroatoms. The van der Waals surface area contributed by atoms with Crippen molar-refractivity contribution in [3.63, 3.8) is 0 Å². The molecule has 1 rings (SSSR count). The van der Waals surface area contributed by atoms with E-state index in [9.17, 15) is 0 Å². The molecule has 0 saturated heterocycles. The molecule has 3 N–H and O–H groups in total. The average Bonchev–Trinajstić information content (AvgIpc) is 2.33. The molecule has 1 aromatic carbocycles. The summed E-state index contributed by atoms with van der Waals surface area (Å²) < 4.78 is 6.62. The Morgan fingerprint density at radius 3 is 2.83 bits per heavy atom. The van der Waals surface area contributed by atoms with Crippen molar-refractivity contribution in [3.05, 3.63) is 28.7 Å². The van der Waals surface area contributed by atoms with E-state index in [1.165, 1.54) is 0 Å². The van der Waals surface area contributed by atoms with Gasteiger partial charge in [-0.2, -0.15) is 0 Å². The summed E-state index contributed by atoms with van der Waals surface area (Å²) in [7, 11) is 0. The molecule has 0 aliphatic carbocycles. The normalized spacial score (nSPS) is 12.5. The van der Waals surface area contributed by atoms with Gasteiger partial charge in [0.05, 0.1) is 6.61 Å². The zero-order valence-electron chi connectivity index (χ0n) is 10.7. The zero-order valence-corrected chi connectivity index (χ0v) is 12.3. The van der Waals surface area contributed by atoms with Gasteiger partial charge in [-0.3, -0.25) is 0 Å². The fourth-order valence-corrected chi connectivity index (χ4v) is 1.90. The third kappa shape index (κ3) is 4.56. The van der Waals surface area contributed by atoms with E-state index in [0.29, 0.717) is 6.61 Å². The Kier molecular flexibility index (Phi) is 5.47. The molecule has 18 heavy (non-hydrogen) atoms. The summed E-state index contributed by atoms with van der Waals surface area (Å²) in [5, 5.41) is 11.7. The third-order valence-corrected chi connectivity index (χ3v) is 3.31. The van der Waals surface area contributed by atoms with E-state index in [1.807, 2.05) is 38.1 Å². The lowest BCUT2D eigenvalue weighted by Crippen LogP contribution is -2.32. The van der Waals surface area contributed by atoms with Gasteiger partial charge >= 0.3 is 0 Å². The van der Waals surface area contributed by atoms with E-state index in [0.717, 1.165) is 23.1 Å². The first-order valence-corrected chi connectivity index (χ1v) is 6.61. The Hall–Kier alpha value is -1.23. The second-order valence-electron chi connectivity index (χ2n) is 4.78. The van der Waals surface area contributed by atoms with Gasteiger partial charge in [0, 0.05) is 9.89 Å². The molecular weight excluding hydrogens is 296 g/mol. The van der Waals surface area contributed by atoms with Crippen LogP contribution in [0.5, 0.6) is 5.75 Å². The lowest BCUT2D eigenvalue weighted by atomic mass is 9.87. The number of amidine groups is 1. The number of nitrogens with two attached hydrogens (primary N) is 1. The van der Waals surface area contributed by atoms with E-state index >= 15 is 0 Å². The number of halogens is 1. The standard InChI is InChI=1S/C13H19BrN2O2/c1-13(2,12(15)16-17)7-4-8-18-11-6-3-5-10(14)9-11/h3,5-6,9,17H,4,7-8H2,1-2H3,(H2,15,16). The molecule has 1 aromatic rings. The summed E-state index contributed by atoms with van der Waals surface area (Å²) in [5.74, 6) is 1.09. The molecule has 0 amide bonds. The maximum absolute atomic E-state index is 8.66.